The molecule has 0 radical (unpaired) electrons. The molecule has 1 N–H and O–H groups in total. The summed E-state index contributed by atoms with van der Waals surface area (Å²) < 4.78 is 2.21. The van der Waals surface area contributed by atoms with E-state index in [9.17, 15) is 4.79 Å². The molecule has 5 rings (SSSR count). The summed E-state index contributed by atoms with van der Waals surface area (Å²) in [6.07, 6.45) is 4.98. The van der Waals surface area contributed by atoms with Crippen LogP contribution in [-0.2, 0) is 6.42 Å². The number of fused-ring (bicyclic) bond motifs is 1. The predicted octanol–water partition coefficient (Wildman–Crippen LogP) is 5.96. The lowest BCUT2D eigenvalue weighted by Crippen LogP contribution is -2.30. The number of hydrogen-bond donors (Lipinski definition) is 1. The Hall–Kier alpha value is -3.66. The zero-order valence-corrected chi connectivity index (χ0v) is 18.5. The zero-order valence-electron chi connectivity index (χ0n) is 18.5. The quantitative estimate of drug-likeness (QED) is 0.442. The molecule has 1 aliphatic carbocycles. The highest BCUT2D eigenvalue weighted by molar-refractivity contribution is 5.95. The summed E-state index contributed by atoms with van der Waals surface area (Å²) in [7, 11) is 0. The number of rotatable bonds is 4. The van der Waals surface area contributed by atoms with Crippen molar-refractivity contribution in [3.05, 3.63) is 107 Å². The SMILES string of the molecule is Cc1ccc(C)n1-c1cccnc1-c1ccc(C(=O)N[C@H]2CCCc3ccccc32)cc1. The van der Waals surface area contributed by atoms with Gasteiger partial charge in [-0.3, -0.25) is 9.78 Å². The summed E-state index contributed by atoms with van der Waals surface area (Å²) in [4.78, 5) is 17.6. The van der Waals surface area contributed by atoms with Gasteiger partial charge in [0, 0.05) is 28.7 Å². The third kappa shape index (κ3) is 3.73. The van der Waals surface area contributed by atoms with Crippen LogP contribution in [0.1, 0.15) is 51.8 Å². The molecule has 32 heavy (non-hydrogen) atoms. The molecule has 4 aromatic rings. The molecule has 0 unspecified atom stereocenters. The van der Waals surface area contributed by atoms with E-state index in [0.29, 0.717) is 5.56 Å². The van der Waals surface area contributed by atoms with Crippen LogP contribution in [-0.4, -0.2) is 15.5 Å². The number of aromatic nitrogens is 2. The highest BCUT2D eigenvalue weighted by Gasteiger charge is 2.22. The number of nitrogens with zero attached hydrogens (tertiary/aromatic N) is 2. The molecule has 1 amide bonds. The summed E-state index contributed by atoms with van der Waals surface area (Å²) in [5.74, 6) is -0.0309. The van der Waals surface area contributed by atoms with Crippen LogP contribution in [0.2, 0.25) is 0 Å². The minimum absolute atomic E-state index is 0.0309. The minimum atomic E-state index is -0.0309. The van der Waals surface area contributed by atoms with Gasteiger partial charge in [0.1, 0.15) is 0 Å². The van der Waals surface area contributed by atoms with Gasteiger partial charge in [0.25, 0.3) is 5.91 Å². The number of benzene rings is 2. The lowest BCUT2D eigenvalue weighted by atomic mass is 9.87. The number of carbonyl (C=O) groups excluding carboxylic acids is 1. The lowest BCUT2D eigenvalue weighted by molar-refractivity contribution is 0.0933. The van der Waals surface area contributed by atoms with E-state index < -0.39 is 0 Å². The van der Waals surface area contributed by atoms with Crippen molar-refractivity contribution in [2.75, 3.05) is 0 Å². The molecular weight excluding hydrogens is 394 g/mol. The second-order valence-corrected chi connectivity index (χ2v) is 8.52. The highest BCUT2D eigenvalue weighted by Crippen LogP contribution is 2.30. The molecule has 4 heteroatoms. The topological polar surface area (TPSA) is 46.9 Å². The van der Waals surface area contributed by atoms with Gasteiger partial charge < -0.3 is 9.88 Å². The van der Waals surface area contributed by atoms with Gasteiger partial charge in [0.2, 0.25) is 0 Å². The van der Waals surface area contributed by atoms with E-state index in [-0.39, 0.29) is 11.9 Å². The van der Waals surface area contributed by atoms with Gasteiger partial charge in [0.15, 0.2) is 0 Å². The number of carbonyl (C=O) groups is 1. The Kier molecular flexibility index (Phi) is 5.36. The van der Waals surface area contributed by atoms with Gasteiger partial charge in [-0.1, -0.05) is 36.4 Å². The fourth-order valence-corrected chi connectivity index (χ4v) is 4.77. The fourth-order valence-electron chi connectivity index (χ4n) is 4.77. The van der Waals surface area contributed by atoms with Crippen LogP contribution < -0.4 is 5.32 Å². The molecule has 2 aromatic heterocycles. The maximum atomic E-state index is 13.0. The van der Waals surface area contributed by atoms with Crippen LogP contribution >= 0.6 is 0 Å². The number of pyridine rings is 1. The molecule has 2 aromatic carbocycles. The van der Waals surface area contributed by atoms with Crippen LogP contribution in [0.25, 0.3) is 16.9 Å². The van der Waals surface area contributed by atoms with E-state index in [1.54, 1.807) is 0 Å². The normalized spacial score (nSPS) is 15.2. The largest absolute Gasteiger partial charge is 0.345 e. The van der Waals surface area contributed by atoms with Crippen LogP contribution in [0.15, 0.2) is 79.0 Å². The molecule has 2 heterocycles. The van der Waals surface area contributed by atoms with Gasteiger partial charge in [-0.25, -0.2) is 0 Å². The molecule has 0 fully saturated rings. The second-order valence-electron chi connectivity index (χ2n) is 8.52. The Morgan fingerprint density at radius 1 is 0.938 bits per heavy atom. The highest BCUT2D eigenvalue weighted by atomic mass is 16.1. The average Bonchev–Trinajstić information content (AvgIpc) is 3.17. The van der Waals surface area contributed by atoms with Crippen molar-refractivity contribution in [1.82, 2.24) is 14.9 Å². The average molecular weight is 422 g/mol. The second kappa shape index (κ2) is 8.46. The Morgan fingerprint density at radius 3 is 2.47 bits per heavy atom. The fraction of sp³-hybridized carbons (Fsp3) is 0.214. The van der Waals surface area contributed by atoms with E-state index in [1.807, 2.05) is 36.5 Å². The summed E-state index contributed by atoms with van der Waals surface area (Å²) >= 11 is 0. The summed E-state index contributed by atoms with van der Waals surface area (Å²) in [6.45, 7) is 4.20. The van der Waals surface area contributed by atoms with E-state index in [1.165, 1.54) is 22.5 Å². The standard InChI is InChI=1S/C28H27N3O/c1-19-12-13-20(2)31(19)26-11-6-18-29-27(26)22-14-16-23(17-15-22)28(32)30-25-10-5-8-21-7-3-4-9-24(21)25/h3-4,6-7,9,11-18,25H,5,8,10H2,1-2H3,(H,30,32)/t25-/m0/s1. The van der Waals surface area contributed by atoms with Crippen molar-refractivity contribution in [2.45, 2.75) is 39.2 Å². The van der Waals surface area contributed by atoms with E-state index in [4.69, 9.17) is 0 Å². The third-order valence-corrected chi connectivity index (χ3v) is 6.39. The molecular formula is C28H27N3O. The van der Waals surface area contributed by atoms with E-state index >= 15 is 0 Å². The molecule has 0 spiro atoms. The first-order chi connectivity index (χ1) is 15.6. The van der Waals surface area contributed by atoms with Crippen molar-refractivity contribution < 1.29 is 4.79 Å². The van der Waals surface area contributed by atoms with Gasteiger partial charge >= 0.3 is 0 Å². The number of aryl methyl sites for hydroxylation is 3. The Balaban J connectivity index is 1.40. The van der Waals surface area contributed by atoms with Crippen molar-refractivity contribution in [1.29, 1.82) is 0 Å². The van der Waals surface area contributed by atoms with Crippen LogP contribution in [0.5, 0.6) is 0 Å². The minimum Gasteiger partial charge on any atom is -0.345 e. The van der Waals surface area contributed by atoms with E-state index in [2.05, 4.69) is 71.2 Å². The molecule has 4 nitrogen and oxygen atoms in total. The molecule has 1 atom stereocenters. The number of nitrogens with one attached hydrogen (secondary N) is 1. The Labute approximate surface area is 189 Å². The van der Waals surface area contributed by atoms with Crippen LogP contribution in [0, 0.1) is 13.8 Å². The third-order valence-electron chi connectivity index (χ3n) is 6.39. The first-order valence-electron chi connectivity index (χ1n) is 11.2. The van der Waals surface area contributed by atoms with Crippen molar-refractivity contribution in [2.24, 2.45) is 0 Å². The molecule has 0 aliphatic heterocycles. The van der Waals surface area contributed by atoms with E-state index in [0.717, 1.165) is 36.2 Å². The van der Waals surface area contributed by atoms with Crippen molar-refractivity contribution >= 4 is 5.91 Å². The first-order valence-corrected chi connectivity index (χ1v) is 11.2. The molecule has 160 valence electrons. The van der Waals surface area contributed by atoms with Gasteiger partial charge in [-0.05, 0) is 80.6 Å². The van der Waals surface area contributed by atoms with Gasteiger partial charge in [-0.15, -0.1) is 0 Å². The first kappa shape index (κ1) is 20.3. The number of hydrogen-bond acceptors (Lipinski definition) is 2. The Bertz CT molecular complexity index is 1250. The summed E-state index contributed by atoms with van der Waals surface area (Å²) in [5.41, 5.74) is 8.54. The molecule has 0 saturated carbocycles. The maximum Gasteiger partial charge on any atom is 0.251 e. The monoisotopic (exact) mass is 421 g/mol. The lowest BCUT2D eigenvalue weighted by Gasteiger charge is -2.26. The van der Waals surface area contributed by atoms with Crippen molar-refractivity contribution in [3.63, 3.8) is 0 Å². The smallest absolute Gasteiger partial charge is 0.251 e. The Morgan fingerprint density at radius 2 is 1.69 bits per heavy atom. The molecule has 0 bridgehead atoms. The number of amides is 1. The maximum absolute atomic E-state index is 13.0. The van der Waals surface area contributed by atoms with Crippen LogP contribution in [0.4, 0.5) is 0 Å². The van der Waals surface area contributed by atoms with Gasteiger partial charge in [0.05, 0.1) is 17.4 Å². The summed E-state index contributed by atoms with van der Waals surface area (Å²) in [5, 5.41) is 3.24. The summed E-state index contributed by atoms with van der Waals surface area (Å²) in [6, 6.07) is 24.6. The predicted molar refractivity (Wildman–Crippen MR) is 128 cm³/mol. The zero-order chi connectivity index (χ0) is 22.1. The van der Waals surface area contributed by atoms with Crippen molar-refractivity contribution in [3.8, 4) is 16.9 Å². The molecule has 1 aliphatic rings. The van der Waals surface area contributed by atoms with Crippen LogP contribution in [0.3, 0.4) is 0 Å². The molecule has 0 saturated heterocycles. The van der Waals surface area contributed by atoms with Gasteiger partial charge in [-0.2, -0.15) is 0 Å².